The van der Waals surface area contributed by atoms with Crippen molar-refractivity contribution in [3.8, 4) is 11.5 Å². The second kappa shape index (κ2) is 6.99. The molecule has 2 N–H and O–H groups in total. The molecule has 0 aromatic heterocycles. The number of phenolic OH excluding ortho intramolecular Hbond substituents is 1. The van der Waals surface area contributed by atoms with Gasteiger partial charge in [0.25, 0.3) is 0 Å². The molecule has 2 aromatic carbocycles. The van der Waals surface area contributed by atoms with Gasteiger partial charge in [-0.3, -0.25) is 4.79 Å². The minimum Gasteiger partial charge on any atom is -0.506 e. The summed E-state index contributed by atoms with van der Waals surface area (Å²) >= 11 is 5.91. The van der Waals surface area contributed by atoms with Crippen LogP contribution in [0.2, 0.25) is 5.02 Å². The predicted octanol–water partition coefficient (Wildman–Crippen LogP) is 3.63. The van der Waals surface area contributed by atoms with Crippen LogP contribution in [-0.2, 0) is 11.2 Å². The first-order valence-electron chi connectivity index (χ1n) is 6.50. The predicted molar refractivity (Wildman–Crippen MR) is 83.1 cm³/mol. The van der Waals surface area contributed by atoms with E-state index >= 15 is 0 Å². The summed E-state index contributed by atoms with van der Waals surface area (Å²) in [7, 11) is 1.61. The molecule has 0 unspecified atom stereocenters. The molecule has 21 heavy (non-hydrogen) atoms. The number of halogens is 1. The third-order valence-corrected chi connectivity index (χ3v) is 3.45. The summed E-state index contributed by atoms with van der Waals surface area (Å²) in [4.78, 5) is 11.9. The molecule has 2 rings (SSSR count). The first-order chi connectivity index (χ1) is 10.1. The zero-order valence-electron chi connectivity index (χ0n) is 11.6. The number of benzene rings is 2. The van der Waals surface area contributed by atoms with Gasteiger partial charge in [-0.1, -0.05) is 29.8 Å². The Balaban J connectivity index is 1.91. The second-order valence-electron chi connectivity index (χ2n) is 4.53. The van der Waals surface area contributed by atoms with E-state index in [1.54, 1.807) is 19.2 Å². The van der Waals surface area contributed by atoms with Gasteiger partial charge in [-0.05, 0) is 36.2 Å². The number of carbonyl (C=O) groups is 1. The summed E-state index contributed by atoms with van der Waals surface area (Å²) in [6.45, 7) is 0. The average molecular weight is 306 g/mol. The summed E-state index contributed by atoms with van der Waals surface area (Å²) in [5.41, 5.74) is 1.46. The smallest absolute Gasteiger partial charge is 0.224 e. The average Bonchev–Trinajstić information content (AvgIpc) is 2.50. The fraction of sp³-hybridized carbons (Fsp3) is 0.188. The van der Waals surface area contributed by atoms with Crippen LogP contribution in [0, 0.1) is 0 Å². The molecule has 4 nitrogen and oxygen atoms in total. The van der Waals surface area contributed by atoms with Crippen molar-refractivity contribution < 1.29 is 14.6 Å². The summed E-state index contributed by atoms with van der Waals surface area (Å²) in [5, 5.41) is 12.3. The van der Waals surface area contributed by atoms with Crippen molar-refractivity contribution in [3.05, 3.63) is 53.1 Å². The molecule has 0 heterocycles. The molecule has 0 saturated carbocycles. The number of hydrogen-bond donors (Lipinski definition) is 2. The van der Waals surface area contributed by atoms with E-state index in [0.717, 1.165) is 11.3 Å². The van der Waals surface area contributed by atoms with Crippen LogP contribution in [0.25, 0.3) is 0 Å². The number of methoxy groups -OCH3 is 1. The minimum absolute atomic E-state index is 0.0513. The number of carbonyl (C=O) groups excluding carboxylic acids is 1. The first-order valence-corrected chi connectivity index (χ1v) is 6.88. The monoisotopic (exact) mass is 305 g/mol. The maximum atomic E-state index is 11.9. The van der Waals surface area contributed by atoms with Crippen molar-refractivity contribution >= 4 is 23.2 Å². The van der Waals surface area contributed by atoms with Crippen molar-refractivity contribution in [2.45, 2.75) is 12.8 Å². The molecule has 0 atom stereocenters. The van der Waals surface area contributed by atoms with Crippen molar-refractivity contribution in [1.29, 1.82) is 0 Å². The van der Waals surface area contributed by atoms with E-state index in [2.05, 4.69) is 5.32 Å². The highest BCUT2D eigenvalue weighted by Gasteiger charge is 2.08. The van der Waals surface area contributed by atoms with E-state index in [1.807, 2.05) is 24.3 Å². The Kier molecular flexibility index (Phi) is 5.06. The highest BCUT2D eigenvalue weighted by molar-refractivity contribution is 6.35. The Morgan fingerprint density at radius 2 is 1.95 bits per heavy atom. The first kappa shape index (κ1) is 15.2. The summed E-state index contributed by atoms with van der Waals surface area (Å²) in [6, 6.07) is 12.3. The summed E-state index contributed by atoms with van der Waals surface area (Å²) in [6.07, 6.45) is 0.949. The molecule has 110 valence electrons. The van der Waals surface area contributed by atoms with Crippen LogP contribution in [-0.4, -0.2) is 18.1 Å². The van der Waals surface area contributed by atoms with Gasteiger partial charge < -0.3 is 15.2 Å². The van der Waals surface area contributed by atoms with E-state index in [0.29, 0.717) is 18.5 Å². The zero-order chi connectivity index (χ0) is 15.2. The van der Waals surface area contributed by atoms with Gasteiger partial charge in [0.2, 0.25) is 5.91 Å². The van der Waals surface area contributed by atoms with Gasteiger partial charge in [0.1, 0.15) is 16.5 Å². The number of rotatable bonds is 5. The number of phenols is 1. The lowest BCUT2D eigenvalue weighted by Crippen LogP contribution is -2.12. The van der Waals surface area contributed by atoms with Gasteiger partial charge >= 0.3 is 0 Å². The molecule has 0 bridgehead atoms. The SMILES string of the molecule is COc1ccc(CCC(=O)Nc2cccc(O)c2Cl)cc1. The van der Waals surface area contributed by atoms with E-state index in [4.69, 9.17) is 16.3 Å². The highest BCUT2D eigenvalue weighted by Crippen LogP contribution is 2.30. The topological polar surface area (TPSA) is 58.6 Å². The van der Waals surface area contributed by atoms with E-state index in [-0.39, 0.29) is 16.7 Å². The molecule has 0 aliphatic rings. The maximum Gasteiger partial charge on any atom is 0.224 e. The molecule has 0 radical (unpaired) electrons. The maximum absolute atomic E-state index is 11.9. The van der Waals surface area contributed by atoms with Crippen molar-refractivity contribution in [1.82, 2.24) is 0 Å². The normalized spacial score (nSPS) is 10.2. The molecule has 0 aliphatic heterocycles. The van der Waals surface area contributed by atoms with Crippen molar-refractivity contribution in [2.24, 2.45) is 0 Å². The van der Waals surface area contributed by atoms with Gasteiger partial charge in [0.15, 0.2) is 0 Å². The zero-order valence-corrected chi connectivity index (χ0v) is 12.4. The fourth-order valence-corrected chi connectivity index (χ4v) is 2.05. The molecule has 2 aromatic rings. The van der Waals surface area contributed by atoms with Gasteiger partial charge in [0, 0.05) is 6.42 Å². The van der Waals surface area contributed by atoms with Crippen molar-refractivity contribution in [3.63, 3.8) is 0 Å². The number of nitrogens with one attached hydrogen (secondary N) is 1. The summed E-state index contributed by atoms with van der Waals surface area (Å²) < 4.78 is 5.08. The molecular weight excluding hydrogens is 290 g/mol. The molecule has 0 aliphatic carbocycles. The quantitative estimate of drug-likeness (QED) is 0.887. The Labute approximate surface area is 128 Å². The molecule has 1 amide bonds. The lowest BCUT2D eigenvalue weighted by molar-refractivity contribution is -0.116. The third-order valence-electron chi connectivity index (χ3n) is 3.05. The van der Waals surface area contributed by atoms with E-state index < -0.39 is 0 Å². The Bertz CT molecular complexity index is 626. The number of anilines is 1. The number of amides is 1. The Morgan fingerprint density at radius 3 is 2.62 bits per heavy atom. The molecule has 5 heteroatoms. The lowest BCUT2D eigenvalue weighted by atomic mass is 10.1. The van der Waals surface area contributed by atoms with Gasteiger partial charge in [-0.15, -0.1) is 0 Å². The second-order valence-corrected chi connectivity index (χ2v) is 4.91. The molecular formula is C16H16ClNO3. The minimum atomic E-state index is -0.154. The van der Waals surface area contributed by atoms with E-state index in [1.165, 1.54) is 6.07 Å². The largest absolute Gasteiger partial charge is 0.506 e. The lowest BCUT2D eigenvalue weighted by Gasteiger charge is -2.08. The van der Waals surface area contributed by atoms with E-state index in [9.17, 15) is 9.90 Å². The van der Waals surface area contributed by atoms with Crippen LogP contribution < -0.4 is 10.1 Å². The van der Waals surface area contributed by atoms with Crippen LogP contribution in [0.4, 0.5) is 5.69 Å². The number of hydrogen-bond acceptors (Lipinski definition) is 3. The van der Waals surface area contributed by atoms with Crippen LogP contribution in [0.3, 0.4) is 0 Å². The third kappa shape index (κ3) is 4.13. The number of aryl methyl sites for hydroxylation is 1. The van der Waals surface area contributed by atoms with Crippen LogP contribution in [0.5, 0.6) is 11.5 Å². The number of aromatic hydroxyl groups is 1. The summed E-state index contributed by atoms with van der Waals surface area (Å²) in [5.74, 6) is 0.581. The molecule has 0 fully saturated rings. The van der Waals surface area contributed by atoms with Gasteiger partial charge in [0.05, 0.1) is 12.8 Å². The Hall–Kier alpha value is -2.20. The van der Waals surface area contributed by atoms with Crippen LogP contribution >= 0.6 is 11.6 Å². The van der Waals surface area contributed by atoms with Gasteiger partial charge in [-0.2, -0.15) is 0 Å². The fourth-order valence-electron chi connectivity index (χ4n) is 1.88. The van der Waals surface area contributed by atoms with Crippen LogP contribution in [0.1, 0.15) is 12.0 Å². The van der Waals surface area contributed by atoms with Crippen LogP contribution in [0.15, 0.2) is 42.5 Å². The highest BCUT2D eigenvalue weighted by atomic mass is 35.5. The number of ether oxygens (including phenoxy) is 1. The standard InChI is InChI=1S/C16H16ClNO3/c1-21-12-8-5-11(6-9-12)7-10-15(20)18-13-3-2-4-14(19)16(13)17/h2-6,8-9,19H,7,10H2,1H3,(H,18,20). The van der Waals surface area contributed by atoms with Crippen molar-refractivity contribution in [2.75, 3.05) is 12.4 Å². The molecule has 0 saturated heterocycles. The molecule has 0 spiro atoms. The van der Waals surface area contributed by atoms with Gasteiger partial charge in [-0.25, -0.2) is 0 Å². The Morgan fingerprint density at radius 1 is 1.24 bits per heavy atom.